The van der Waals surface area contributed by atoms with Gasteiger partial charge in [-0.1, -0.05) is 78.7 Å². The van der Waals surface area contributed by atoms with E-state index in [2.05, 4.69) is 27.4 Å². The van der Waals surface area contributed by atoms with E-state index in [1.807, 2.05) is 0 Å². The number of esters is 1. The quantitative estimate of drug-likeness (QED) is 0.227. The first-order valence-electron chi connectivity index (χ1n) is 10.4. The molecule has 0 aromatic rings. The Labute approximate surface area is 161 Å². The Morgan fingerprint density at radius 3 is 2.19 bits per heavy atom. The summed E-state index contributed by atoms with van der Waals surface area (Å²) in [6, 6.07) is 0. The maximum atomic E-state index is 11.5. The minimum Gasteiger partial charge on any atom is -0.453 e. The molecule has 0 spiro atoms. The molecule has 0 aromatic carbocycles. The van der Waals surface area contributed by atoms with Gasteiger partial charge in [0.1, 0.15) is 11.7 Å². The van der Waals surface area contributed by atoms with E-state index in [9.17, 15) is 15.0 Å². The Morgan fingerprint density at radius 1 is 1.04 bits per heavy atom. The Hall–Kier alpha value is -0.870. The Morgan fingerprint density at radius 2 is 1.62 bits per heavy atom. The SMILES string of the molecule is C=CC(=O)OC(C)(CCCCCCCC(C)CCCC(C)C)C(O)CO. The molecule has 26 heavy (non-hydrogen) atoms. The lowest BCUT2D eigenvalue weighted by Crippen LogP contribution is -2.45. The van der Waals surface area contributed by atoms with E-state index in [4.69, 9.17) is 4.74 Å². The summed E-state index contributed by atoms with van der Waals surface area (Å²) in [7, 11) is 0. The number of unbranched alkanes of at least 4 members (excludes halogenated alkanes) is 4. The molecule has 0 saturated heterocycles. The van der Waals surface area contributed by atoms with Crippen LogP contribution in [0.2, 0.25) is 0 Å². The molecule has 0 heterocycles. The fraction of sp³-hybridized carbons (Fsp3) is 0.864. The minimum absolute atomic E-state index is 0.421. The predicted molar refractivity (Wildman–Crippen MR) is 108 cm³/mol. The molecule has 0 radical (unpaired) electrons. The summed E-state index contributed by atoms with van der Waals surface area (Å²) in [5, 5.41) is 19.2. The van der Waals surface area contributed by atoms with Crippen LogP contribution >= 0.6 is 0 Å². The molecule has 2 N–H and O–H groups in total. The lowest BCUT2D eigenvalue weighted by atomic mass is 9.91. The van der Waals surface area contributed by atoms with Crippen molar-refractivity contribution in [1.82, 2.24) is 0 Å². The number of aliphatic hydroxyl groups is 2. The molecule has 4 heteroatoms. The number of carbonyl (C=O) groups excluding carboxylic acids is 1. The van der Waals surface area contributed by atoms with E-state index >= 15 is 0 Å². The number of aliphatic hydroxyl groups excluding tert-OH is 2. The third-order valence-corrected chi connectivity index (χ3v) is 5.23. The number of ether oxygens (including phenoxy) is 1. The first-order valence-corrected chi connectivity index (χ1v) is 10.4. The van der Waals surface area contributed by atoms with Crippen molar-refractivity contribution in [2.24, 2.45) is 11.8 Å². The predicted octanol–water partition coefficient (Wildman–Crippen LogP) is 5.02. The maximum absolute atomic E-state index is 11.5. The zero-order valence-corrected chi connectivity index (χ0v) is 17.5. The van der Waals surface area contributed by atoms with E-state index in [1.165, 1.54) is 38.5 Å². The molecular formula is C22H42O4. The van der Waals surface area contributed by atoms with Crippen molar-refractivity contribution in [1.29, 1.82) is 0 Å². The van der Waals surface area contributed by atoms with Crippen molar-refractivity contribution in [3.8, 4) is 0 Å². The normalized spacial score (nSPS) is 16.1. The molecule has 0 fully saturated rings. The van der Waals surface area contributed by atoms with Crippen molar-refractivity contribution in [2.75, 3.05) is 6.61 Å². The second-order valence-electron chi connectivity index (χ2n) is 8.37. The summed E-state index contributed by atoms with van der Waals surface area (Å²) in [5.74, 6) is 1.06. The fourth-order valence-electron chi connectivity index (χ4n) is 3.27. The van der Waals surface area contributed by atoms with Crippen LogP contribution in [0.25, 0.3) is 0 Å². The van der Waals surface area contributed by atoms with E-state index in [0.29, 0.717) is 6.42 Å². The van der Waals surface area contributed by atoms with Crippen LogP contribution in [0.3, 0.4) is 0 Å². The van der Waals surface area contributed by atoms with E-state index in [1.54, 1.807) is 6.92 Å². The number of rotatable bonds is 16. The van der Waals surface area contributed by atoms with Gasteiger partial charge in [-0.15, -0.1) is 0 Å². The first-order chi connectivity index (χ1) is 12.2. The summed E-state index contributed by atoms with van der Waals surface area (Å²) < 4.78 is 5.29. The molecule has 0 aliphatic rings. The van der Waals surface area contributed by atoms with Crippen LogP contribution in [-0.2, 0) is 9.53 Å². The van der Waals surface area contributed by atoms with Gasteiger partial charge in [0, 0.05) is 6.08 Å². The molecule has 154 valence electrons. The first kappa shape index (κ1) is 25.1. The maximum Gasteiger partial charge on any atom is 0.330 e. The number of carbonyl (C=O) groups is 1. The number of hydrogen-bond acceptors (Lipinski definition) is 4. The topological polar surface area (TPSA) is 66.8 Å². The molecule has 0 amide bonds. The molecule has 0 aliphatic heterocycles. The Kier molecular flexibility index (Phi) is 13.7. The second-order valence-corrected chi connectivity index (χ2v) is 8.37. The fourth-order valence-corrected chi connectivity index (χ4v) is 3.27. The third-order valence-electron chi connectivity index (χ3n) is 5.23. The van der Waals surface area contributed by atoms with Gasteiger partial charge in [-0.25, -0.2) is 4.79 Å². The van der Waals surface area contributed by atoms with Gasteiger partial charge in [0.2, 0.25) is 0 Å². The van der Waals surface area contributed by atoms with Gasteiger partial charge in [-0.3, -0.25) is 0 Å². The van der Waals surface area contributed by atoms with Crippen LogP contribution in [0.5, 0.6) is 0 Å². The third kappa shape index (κ3) is 11.7. The van der Waals surface area contributed by atoms with Gasteiger partial charge in [-0.2, -0.15) is 0 Å². The molecule has 0 bridgehead atoms. The zero-order chi connectivity index (χ0) is 20.0. The highest BCUT2D eigenvalue weighted by molar-refractivity contribution is 5.81. The van der Waals surface area contributed by atoms with E-state index < -0.39 is 24.3 Å². The average molecular weight is 371 g/mol. The highest BCUT2D eigenvalue weighted by atomic mass is 16.6. The van der Waals surface area contributed by atoms with Gasteiger partial charge in [0.15, 0.2) is 0 Å². The van der Waals surface area contributed by atoms with Gasteiger partial charge in [-0.05, 0) is 31.6 Å². The van der Waals surface area contributed by atoms with Crippen LogP contribution in [0, 0.1) is 11.8 Å². The molecule has 0 aliphatic carbocycles. The molecular weight excluding hydrogens is 328 g/mol. The standard InChI is InChI=1S/C22H42O4/c1-6-21(25)26-22(5,20(24)17-23)16-11-9-7-8-10-14-19(4)15-12-13-18(2)3/h6,18-20,23-24H,1,7-17H2,2-5H3. The van der Waals surface area contributed by atoms with Crippen molar-refractivity contribution in [3.05, 3.63) is 12.7 Å². The van der Waals surface area contributed by atoms with Crippen molar-refractivity contribution >= 4 is 5.97 Å². The van der Waals surface area contributed by atoms with Crippen LogP contribution < -0.4 is 0 Å². The molecule has 0 rings (SSSR count). The molecule has 0 saturated carbocycles. The summed E-state index contributed by atoms with van der Waals surface area (Å²) in [5.41, 5.74) is -1.05. The smallest absolute Gasteiger partial charge is 0.330 e. The average Bonchev–Trinajstić information content (AvgIpc) is 2.59. The summed E-state index contributed by atoms with van der Waals surface area (Å²) >= 11 is 0. The molecule has 3 atom stereocenters. The Bertz CT molecular complexity index is 380. The Balaban J connectivity index is 3.91. The van der Waals surface area contributed by atoms with Crippen molar-refractivity contribution in [3.63, 3.8) is 0 Å². The summed E-state index contributed by atoms with van der Waals surface area (Å²) in [6.07, 6.45) is 11.4. The van der Waals surface area contributed by atoms with E-state index in [-0.39, 0.29) is 0 Å². The van der Waals surface area contributed by atoms with Gasteiger partial charge >= 0.3 is 5.97 Å². The van der Waals surface area contributed by atoms with Crippen LogP contribution in [0.4, 0.5) is 0 Å². The highest BCUT2D eigenvalue weighted by Crippen LogP contribution is 2.25. The van der Waals surface area contributed by atoms with E-state index in [0.717, 1.165) is 37.2 Å². The minimum atomic E-state index is -1.07. The highest BCUT2D eigenvalue weighted by Gasteiger charge is 2.35. The summed E-state index contributed by atoms with van der Waals surface area (Å²) in [4.78, 5) is 11.5. The monoisotopic (exact) mass is 370 g/mol. The largest absolute Gasteiger partial charge is 0.453 e. The van der Waals surface area contributed by atoms with Crippen LogP contribution in [-0.4, -0.2) is 34.5 Å². The molecule has 3 unspecified atom stereocenters. The second kappa shape index (κ2) is 14.2. The zero-order valence-electron chi connectivity index (χ0n) is 17.5. The van der Waals surface area contributed by atoms with Crippen LogP contribution in [0.1, 0.15) is 91.9 Å². The van der Waals surface area contributed by atoms with Crippen molar-refractivity contribution in [2.45, 2.75) is 104 Å². The molecule has 0 aromatic heterocycles. The van der Waals surface area contributed by atoms with Gasteiger partial charge in [0.25, 0.3) is 0 Å². The lowest BCUT2D eigenvalue weighted by molar-refractivity contribution is -0.169. The van der Waals surface area contributed by atoms with Gasteiger partial charge in [0.05, 0.1) is 6.61 Å². The lowest BCUT2D eigenvalue weighted by Gasteiger charge is -2.33. The van der Waals surface area contributed by atoms with Gasteiger partial charge < -0.3 is 14.9 Å². The number of hydrogen-bond donors (Lipinski definition) is 2. The molecule has 4 nitrogen and oxygen atoms in total. The van der Waals surface area contributed by atoms with Crippen molar-refractivity contribution < 1.29 is 19.7 Å². The summed E-state index contributed by atoms with van der Waals surface area (Å²) in [6.45, 7) is 11.6. The van der Waals surface area contributed by atoms with Crippen LogP contribution in [0.15, 0.2) is 12.7 Å².